The number of rotatable bonds is 4. The number of hydrogen-bond donors (Lipinski definition) is 3. The standard InChI is InChI=1S/C16H14ClFN4O/c17-12-3-1-2-4-14(12)22-16(23)10-5-7-11(8-6-10)21-15(20)13(18)9-19/h1-9H,19H2,(H2,20,21)(H,22,23)/b13-9+. The average molecular weight is 333 g/mol. The van der Waals surface area contributed by atoms with Crippen molar-refractivity contribution in [3.8, 4) is 0 Å². The lowest BCUT2D eigenvalue weighted by Crippen LogP contribution is -2.13. The molecular weight excluding hydrogens is 319 g/mol. The van der Waals surface area contributed by atoms with E-state index < -0.39 is 5.83 Å². The Bertz CT molecular complexity index is 772. The van der Waals surface area contributed by atoms with Crippen LogP contribution in [-0.4, -0.2) is 11.7 Å². The van der Waals surface area contributed by atoms with Gasteiger partial charge in [0.05, 0.1) is 16.4 Å². The molecule has 0 atom stereocenters. The van der Waals surface area contributed by atoms with Crippen molar-refractivity contribution < 1.29 is 9.18 Å². The second-order valence-corrected chi connectivity index (χ2v) is 4.90. The number of carbonyl (C=O) groups excluding carboxylic acids is 1. The van der Waals surface area contributed by atoms with E-state index in [0.717, 1.165) is 6.20 Å². The topological polar surface area (TPSA) is 93.5 Å². The highest BCUT2D eigenvalue weighted by Gasteiger charge is 2.08. The first-order valence-electron chi connectivity index (χ1n) is 6.59. The zero-order chi connectivity index (χ0) is 16.8. The SMILES string of the molecule is N/C=C(/F)C(N)=Nc1ccc(C(=O)Nc2ccccc2Cl)cc1. The van der Waals surface area contributed by atoms with Gasteiger partial charge in [0.1, 0.15) is 0 Å². The summed E-state index contributed by atoms with van der Waals surface area (Å²) in [6, 6.07) is 13.1. The van der Waals surface area contributed by atoms with Crippen molar-refractivity contribution in [3.05, 3.63) is 71.1 Å². The van der Waals surface area contributed by atoms with E-state index in [4.69, 9.17) is 23.1 Å². The number of hydrogen-bond acceptors (Lipinski definition) is 3. The van der Waals surface area contributed by atoms with E-state index in [1.807, 2.05) is 0 Å². The maximum Gasteiger partial charge on any atom is 0.255 e. The van der Waals surface area contributed by atoms with E-state index in [-0.39, 0.29) is 11.7 Å². The predicted molar refractivity (Wildman–Crippen MR) is 90.5 cm³/mol. The molecule has 0 aromatic heterocycles. The Morgan fingerprint density at radius 1 is 1.17 bits per heavy atom. The Balaban J connectivity index is 2.13. The first-order chi connectivity index (χ1) is 11.0. The lowest BCUT2D eigenvalue weighted by atomic mass is 10.2. The monoisotopic (exact) mass is 332 g/mol. The van der Waals surface area contributed by atoms with Crippen LogP contribution in [0.2, 0.25) is 5.02 Å². The largest absolute Gasteiger partial charge is 0.402 e. The van der Waals surface area contributed by atoms with Crippen LogP contribution in [0.1, 0.15) is 10.4 Å². The molecule has 1 amide bonds. The first-order valence-corrected chi connectivity index (χ1v) is 6.97. The lowest BCUT2D eigenvalue weighted by Gasteiger charge is -2.07. The van der Waals surface area contributed by atoms with Crippen LogP contribution in [0.25, 0.3) is 0 Å². The third-order valence-corrected chi connectivity index (χ3v) is 3.22. The number of para-hydroxylation sites is 1. The smallest absolute Gasteiger partial charge is 0.255 e. The number of carbonyl (C=O) groups is 1. The molecule has 0 radical (unpaired) electrons. The van der Waals surface area contributed by atoms with Crippen molar-refractivity contribution in [2.75, 3.05) is 5.32 Å². The normalized spacial score (nSPS) is 12.1. The van der Waals surface area contributed by atoms with Crippen LogP contribution in [0.15, 0.2) is 65.6 Å². The van der Waals surface area contributed by atoms with Crippen LogP contribution in [-0.2, 0) is 0 Å². The number of anilines is 1. The van der Waals surface area contributed by atoms with E-state index in [0.29, 0.717) is 22.0 Å². The van der Waals surface area contributed by atoms with Gasteiger partial charge in [-0.2, -0.15) is 0 Å². The van der Waals surface area contributed by atoms with Crippen LogP contribution >= 0.6 is 11.6 Å². The summed E-state index contributed by atoms with van der Waals surface area (Å²) in [7, 11) is 0. The molecule has 7 heteroatoms. The average Bonchev–Trinajstić information content (AvgIpc) is 2.56. The number of nitrogens with one attached hydrogen (secondary N) is 1. The van der Waals surface area contributed by atoms with Crippen LogP contribution in [0.4, 0.5) is 15.8 Å². The number of aliphatic imine (C=N–C) groups is 1. The molecule has 0 aliphatic heterocycles. The van der Waals surface area contributed by atoms with Gasteiger partial charge in [0.2, 0.25) is 0 Å². The third kappa shape index (κ3) is 4.31. The van der Waals surface area contributed by atoms with Crippen molar-refractivity contribution in [1.29, 1.82) is 0 Å². The molecule has 0 unspecified atom stereocenters. The first kappa shape index (κ1) is 16.5. The van der Waals surface area contributed by atoms with Crippen LogP contribution in [0.5, 0.6) is 0 Å². The maximum absolute atomic E-state index is 13.1. The minimum Gasteiger partial charge on any atom is -0.402 e. The Morgan fingerprint density at radius 2 is 1.83 bits per heavy atom. The zero-order valence-corrected chi connectivity index (χ0v) is 12.7. The van der Waals surface area contributed by atoms with E-state index in [1.165, 1.54) is 12.1 Å². The summed E-state index contributed by atoms with van der Waals surface area (Å²) < 4.78 is 13.1. The van der Waals surface area contributed by atoms with Gasteiger partial charge in [0, 0.05) is 11.8 Å². The van der Waals surface area contributed by atoms with Gasteiger partial charge in [-0.05, 0) is 36.4 Å². The fourth-order valence-electron chi connectivity index (χ4n) is 1.72. The molecule has 0 saturated carbocycles. The summed E-state index contributed by atoms with van der Waals surface area (Å²) >= 11 is 5.98. The quantitative estimate of drug-likeness (QED) is 0.592. The number of nitrogens with two attached hydrogens (primary N) is 2. The number of amides is 1. The molecular formula is C16H14ClFN4O. The fraction of sp³-hybridized carbons (Fsp3) is 0. The Labute approximate surface area is 137 Å². The van der Waals surface area contributed by atoms with Crippen LogP contribution < -0.4 is 16.8 Å². The van der Waals surface area contributed by atoms with Crippen molar-refractivity contribution in [2.24, 2.45) is 16.5 Å². The van der Waals surface area contributed by atoms with Gasteiger partial charge in [-0.1, -0.05) is 23.7 Å². The molecule has 0 aliphatic rings. The zero-order valence-electron chi connectivity index (χ0n) is 12.0. The number of benzene rings is 2. The molecule has 2 aromatic rings. The molecule has 23 heavy (non-hydrogen) atoms. The number of nitrogens with zero attached hydrogens (tertiary/aromatic N) is 1. The van der Waals surface area contributed by atoms with Gasteiger partial charge in [-0.25, -0.2) is 9.38 Å². The molecule has 0 spiro atoms. The summed E-state index contributed by atoms with van der Waals surface area (Å²) in [6.45, 7) is 0. The summed E-state index contributed by atoms with van der Waals surface area (Å²) in [5, 5.41) is 3.14. The van der Waals surface area contributed by atoms with E-state index in [1.54, 1.807) is 36.4 Å². The van der Waals surface area contributed by atoms with Crippen molar-refractivity contribution in [3.63, 3.8) is 0 Å². The van der Waals surface area contributed by atoms with E-state index in [2.05, 4.69) is 10.3 Å². The molecule has 2 aromatic carbocycles. The van der Waals surface area contributed by atoms with Gasteiger partial charge >= 0.3 is 0 Å². The molecule has 0 bridgehead atoms. The summed E-state index contributed by atoms with van der Waals surface area (Å²) in [5.74, 6) is -1.47. The van der Waals surface area contributed by atoms with Crippen LogP contribution in [0, 0.1) is 0 Å². The maximum atomic E-state index is 13.1. The minimum absolute atomic E-state index is 0.324. The molecule has 0 fully saturated rings. The van der Waals surface area contributed by atoms with Crippen LogP contribution in [0.3, 0.4) is 0 Å². The predicted octanol–water partition coefficient (Wildman–Crippen LogP) is 3.35. The molecule has 5 nitrogen and oxygen atoms in total. The molecule has 0 heterocycles. The fourth-order valence-corrected chi connectivity index (χ4v) is 1.91. The van der Waals surface area contributed by atoms with Gasteiger partial charge in [-0.3, -0.25) is 4.79 Å². The Hall–Kier alpha value is -2.86. The highest BCUT2D eigenvalue weighted by Crippen LogP contribution is 2.21. The van der Waals surface area contributed by atoms with Gasteiger partial charge in [0.15, 0.2) is 11.7 Å². The van der Waals surface area contributed by atoms with Gasteiger partial charge < -0.3 is 16.8 Å². The highest BCUT2D eigenvalue weighted by atomic mass is 35.5. The van der Waals surface area contributed by atoms with Crippen molar-refractivity contribution in [1.82, 2.24) is 0 Å². The Morgan fingerprint density at radius 3 is 2.43 bits per heavy atom. The molecule has 2 rings (SSSR count). The molecule has 118 valence electrons. The summed E-state index contributed by atoms with van der Waals surface area (Å²) in [4.78, 5) is 16.0. The van der Waals surface area contributed by atoms with Crippen molar-refractivity contribution >= 4 is 34.7 Å². The summed E-state index contributed by atoms with van der Waals surface area (Å²) in [6.07, 6.45) is 0.726. The molecule has 0 saturated heterocycles. The van der Waals surface area contributed by atoms with Gasteiger partial charge in [-0.15, -0.1) is 0 Å². The Kier molecular flexibility index (Phi) is 5.32. The van der Waals surface area contributed by atoms with E-state index in [9.17, 15) is 9.18 Å². The minimum atomic E-state index is -0.814. The van der Waals surface area contributed by atoms with Gasteiger partial charge in [0.25, 0.3) is 5.91 Å². The van der Waals surface area contributed by atoms with Crippen molar-refractivity contribution in [2.45, 2.75) is 0 Å². The lowest BCUT2D eigenvalue weighted by molar-refractivity contribution is 0.102. The third-order valence-electron chi connectivity index (χ3n) is 2.89. The molecule has 0 aliphatic carbocycles. The number of halogens is 2. The van der Waals surface area contributed by atoms with E-state index >= 15 is 0 Å². The second-order valence-electron chi connectivity index (χ2n) is 4.49. The second kappa shape index (κ2) is 7.42. The molecule has 5 N–H and O–H groups in total. The number of amidine groups is 1. The summed E-state index contributed by atoms with van der Waals surface area (Å²) in [5.41, 5.74) is 11.7. The highest BCUT2D eigenvalue weighted by molar-refractivity contribution is 6.33.